The van der Waals surface area contributed by atoms with Crippen LogP contribution in [0, 0.1) is 5.82 Å². The van der Waals surface area contributed by atoms with Crippen molar-refractivity contribution in [2.75, 3.05) is 10.2 Å². The number of rotatable bonds is 7. The highest BCUT2D eigenvalue weighted by atomic mass is 35.5. The van der Waals surface area contributed by atoms with Crippen molar-refractivity contribution in [3.05, 3.63) is 89.2 Å². The normalized spacial score (nSPS) is 16.0. The lowest BCUT2D eigenvalue weighted by Gasteiger charge is -2.27. The Hall–Kier alpha value is -3.60. The zero-order chi connectivity index (χ0) is 26.0. The highest BCUT2D eigenvalue weighted by Crippen LogP contribution is 2.32. The first kappa shape index (κ1) is 25.5. The monoisotopic (exact) mass is 529 g/mol. The summed E-state index contributed by atoms with van der Waals surface area (Å²) in [5.74, 6) is -2.22. The Labute approximate surface area is 212 Å². The van der Waals surface area contributed by atoms with Crippen LogP contribution in [0.5, 0.6) is 0 Å². The summed E-state index contributed by atoms with van der Waals surface area (Å²) >= 11 is 6.27. The molecule has 1 fully saturated rings. The van der Waals surface area contributed by atoms with E-state index in [1.165, 1.54) is 31.2 Å². The molecule has 1 unspecified atom stereocenters. The van der Waals surface area contributed by atoms with Crippen LogP contribution in [-0.4, -0.2) is 36.5 Å². The summed E-state index contributed by atoms with van der Waals surface area (Å²) < 4.78 is 41.7. The summed E-state index contributed by atoms with van der Waals surface area (Å²) in [6, 6.07) is 15.5. The maximum atomic E-state index is 13.6. The molecule has 0 radical (unpaired) electrons. The molecule has 1 aliphatic heterocycles. The second-order valence-corrected chi connectivity index (χ2v) is 10.4. The lowest BCUT2D eigenvalue weighted by Crippen LogP contribution is -2.45. The second-order valence-electron chi connectivity index (χ2n) is 8.11. The Morgan fingerprint density at radius 3 is 2.31 bits per heavy atom. The average molecular weight is 530 g/mol. The fourth-order valence-electron chi connectivity index (χ4n) is 3.91. The summed E-state index contributed by atoms with van der Waals surface area (Å²) in [6.45, 7) is 1.07. The topological polar surface area (TPSA) is 104 Å². The molecule has 36 heavy (non-hydrogen) atoms. The van der Waals surface area contributed by atoms with E-state index >= 15 is 0 Å². The third kappa shape index (κ3) is 5.15. The molecule has 0 saturated carbocycles. The molecule has 3 amide bonds. The quantitative estimate of drug-likeness (QED) is 0.467. The van der Waals surface area contributed by atoms with Crippen molar-refractivity contribution in [2.45, 2.75) is 30.8 Å². The molecule has 1 saturated heterocycles. The van der Waals surface area contributed by atoms with Crippen LogP contribution < -0.4 is 10.2 Å². The summed E-state index contributed by atoms with van der Waals surface area (Å²) in [7, 11) is -4.34. The van der Waals surface area contributed by atoms with Crippen molar-refractivity contribution in [1.29, 1.82) is 0 Å². The van der Waals surface area contributed by atoms with Gasteiger partial charge in [0.1, 0.15) is 11.9 Å². The summed E-state index contributed by atoms with van der Waals surface area (Å²) in [5, 5.41) is 2.88. The van der Waals surface area contributed by atoms with Crippen molar-refractivity contribution in [2.24, 2.45) is 0 Å². The molecule has 0 spiro atoms. The number of nitrogens with one attached hydrogen (secondary N) is 1. The van der Waals surface area contributed by atoms with Crippen molar-refractivity contribution in [3.63, 3.8) is 0 Å². The van der Waals surface area contributed by atoms with E-state index in [1.807, 2.05) is 0 Å². The molecule has 0 bridgehead atoms. The Balaban J connectivity index is 1.71. The number of imide groups is 1. The van der Waals surface area contributed by atoms with E-state index in [2.05, 4.69) is 5.32 Å². The first-order valence-corrected chi connectivity index (χ1v) is 12.6. The highest BCUT2D eigenvalue weighted by molar-refractivity contribution is 7.89. The molecule has 1 N–H and O–H groups in total. The smallest absolute Gasteiger partial charge is 0.252 e. The molecule has 0 aromatic heterocycles. The Morgan fingerprint density at radius 1 is 1.06 bits per heavy atom. The molecular formula is C25H21ClFN3O5S. The fraction of sp³-hybridized carbons (Fsp3) is 0.160. The molecule has 186 valence electrons. The minimum Gasteiger partial charge on any atom is -0.326 e. The number of benzene rings is 3. The molecule has 1 heterocycles. The van der Waals surface area contributed by atoms with Crippen LogP contribution >= 0.6 is 11.6 Å². The number of nitrogens with zero attached hydrogens (tertiary/aromatic N) is 2. The van der Waals surface area contributed by atoms with Crippen LogP contribution in [0.4, 0.5) is 15.8 Å². The Bertz CT molecular complexity index is 1430. The van der Waals surface area contributed by atoms with Gasteiger partial charge in [-0.15, -0.1) is 0 Å². The molecule has 8 nitrogen and oxygen atoms in total. The third-order valence-corrected chi connectivity index (χ3v) is 7.86. The van der Waals surface area contributed by atoms with Crippen molar-refractivity contribution < 1.29 is 27.2 Å². The summed E-state index contributed by atoms with van der Waals surface area (Å²) in [4.78, 5) is 38.3. The van der Waals surface area contributed by atoms with Gasteiger partial charge < -0.3 is 5.32 Å². The van der Waals surface area contributed by atoms with E-state index in [9.17, 15) is 27.2 Å². The second kappa shape index (κ2) is 10.2. The van der Waals surface area contributed by atoms with Crippen LogP contribution in [-0.2, 0) is 31.0 Å². The number of sulfonamides is 1. The number of carbonyl (C=O) groups is 3. The Morgan fingerprint density at radius 2 is 1.69 bits per heavy atom. The van der Waals surface area contributed by atoms with Crippen molar-refractivity contribution >= 4 is 50.7 Å². The van der Waals surface area contributed by atoms with Gasteiger partial charge in [0, 0.05) is 24.2 Å². The molecule has 0 aliphatic carbocycles. The van der Waals surface area contributed by atoms with Crippen LogP contribution in [0.2, 0.25) is 5.02 Å². The molecule has 3 aromatic carbocycles. The van der Waals surface area contributed by atoms with E-state index in [1.54, 1.807) is 24.3 Å². The van der Waals surface area contributed by atoms with Crippen LogP contribution in [0.1, 0.15) is 18.9 Å². The summed E-state index contributed by atoms with van der Waals surface area (Å²) in [5.41, 5.74) is 1.14. The van der Waals surface area contributed by atoms with Crippen LogP contribution in [0.15, 0.2) is 77.7 Å². The van der Waals surface area contributed by atoms with E-state index < -0.39 is 40.1 Å². The lowest BCUT2D eigenvalue weighted by atomic mass is 10.2. The first-order chi connectivity index (χ1) is 17.1. The molecule has 1 atom stereocenters. The van der Waals surface area contributed by atoms with Crippen LogP contribution in [0.3, 0.4) is 0 Å². The van der Waals surface area contributed by atoms with E-state index in [-0.39, 0.29) is 23.0 Å². The number of hydrogen-bond acceptors (Lipinski definition) is 5. The van der Waals surface area contributed by atoms with Gasteiger partial charge in [-0.3, -0.25) is 14.4 Å². The predicted molar refractivity (Wildman–Crippen MR) is 132 cm³/mol. The van der Waals surface area contributed by atoms with Gasteiger partial charge in [0.05, 0.1) is 17.0 Å². The zero-order valence-corrected chi connectivity index (χ0v) is 20.6. The predicted octanol–water partition coefficient (Wildman–Crippen LogP) is 3.96. The van der Waals surface area contributed by atoms with Crippen molar-refractivity contribution in [1.82, 2.24) is 4.31 Å². The van der Waals surface area contributed by atoms with Gasteiger partial charge in [0.15, 0.2) is 0 Å². The number of amides is 3. The highest BCUT2D eigenvalue weighted by Gasteiger charge is 2.47. The average Bonchev–Trinajstić information content (AvgIpc) is 3.12. The third-order valence-electron chi connectivity index (χ3n) is 5.62. The number of halogens is 2. The minimum atomic E-state index is -4.34. The standard InChI is InChI=1S/C25H21ClFN3O5S/c1-16(31)28-19-8-10-20(11-9-19)30-24(32)14-23(25(30)33)29(15-17-4-2-3-5-22(17)26)36(34,35)21-12-6-18(27)7-13-21/h2-13,23H,14-15H2,1H3,(H,28,31). The zero-order valence-electron chi connectivity index (χ0n) is 19.0. The van der Waals surface area contributed by atoms with Gasteiger partial charge >= 0.3 is 0 Å². The van der Waals surface area contributed by atoms with Gasteiger partial charge in [-0.2, -0.15) is 4.31 Å². The van der Waals surface area contributed by atoms with E-state index in [0.717, 1.165) is 33.5 Å². The molecule has 3 aromatic rings. The minimum absolute atomic E-state index is 0.227. The van der Waals surface area contributed by atoms with Gasteiger partial charge in [-0.1, -0.05) is 29.8 Å². The molecular weight excluding hydrogens is 509 g/mol. The van der Waals surface area contributed by atoms with E-state index in [4.69, 9.17) is 11.6 Å². The van der Waals surface area contributed by atoms with Gasteiger partial charge in [-0.05, 0) is 60.2 Å². The number of hydrogen-bond donors (Lipinski definition) is 1. The van der Waals surface area contributed by atoms with Gasteiger partial charge in [0.2, 0.25) is 21.8 Å². The van der Waals surface area contributed by atoms with Gasteiger partial charge in [-0.25, -0.2) is 17.7 Å². The molecule has 11 heteroatoms. The number of anilines is 2. The molecule has 1 aliphatic rings. The maximum absolute atomic E-state index is 13.6. The first-order valence-electron chi connectivity index (χ1n) is 10.8. The number of carbonyl (C=O) groups excluding carboxylic acids is 3. The summed E-state index contributed by atoms with van der Waals surface area (Å²) in [6.07, 6.45) is -0.392. The SMILES string of the molecule is CC(=O)Nc1ccc(N2C(=O)CC(N(Cc3ccccc3Cl)S(=O)(=O)c3ccc(F)cc3)C2=O)cc1. The van der Waals surface area contributed by atoms with Gasteiger partial charge in [0.25, 0.3) is 5.91 Å². The lowest BCUT2D eigenvalue weighted by molar-refractivity contribution is -0.122. The molecule has 4 rings (SSSR count). The van der Waals surface area contributed by atoms with Crippen LogP contribution in [0.25, 0.3) is 0 Å². The Kier molecular flexibility index (Phi) is 7.21. The van der Waals surface area contributed by atoms with E-state index in [0.29, 0.717) is 16.3 Å². The maximum Gasteiger partial charge on any atom is 0.252 e. The van der Waals surface area contributed by atoms with Crippen molar-refractivity contribution in [3.8, 4) is 0 Å². The largest absolute Gasteiger partial charge is 0.326 e. The fourth-order valence-corrected chi connectivity index (χ4v) is 5.66.